The van der Waals surface area contributed by atoms with E-state index in [1.54, 1.807) is 16.3 Å². The monoisotopic (exact) mass is 265 g/mol. The second kappa shape index (κ2) is 4.39. The SMILES string of the molecule is O=C(O)C1C2CCCC2CN1C(=O)c1ccsc1. The first kappa shape index (κ1) is 11.7. The highest BCUT2D eigenvalue weighted by Gasteiger charge is 2.49. The van der Waals surface area contributed by atoms with Gasteiger partial charge in [0.1, 0.15) is 6.04 Å². The molecule has 1 saturated heterocycles. The Bertz CT molecular complexity index is 471. The molecule has 4 nitrogen and oxygen atoms in total. The maximum Gasteiger partial charge on any atom is 0.326 e. The van der Waals surface area contributed by atoms with E-state index in [2.05, 4.69) is 0 Å². The molecule has 5 heteroatoms. The summed E-state index contributed by atoms with van der Waals surface area (Å²) in [6.45, 7) is 0.607. The van der Waals surface area contributed by atoms with Gasteiger partial charge >= 0.3 is 5.97 Å². The molecule has 0 bridgehead atoms. The first-order valence-corrected chi connectivity index (χ1v) is 7.18. The standard InChI is InChI=1S/C13H15NO3S/c15-12(9-4-5-18-7-9)14-6-8-2-1-3-10(8)11(14)13(16)17/h4-5,7-8,10-11H,1-3,6H2,(H,16,17). The van der Waals surface area contributed by atoms with Crippen LogP contribution in [0.2, 0.25) is 0 Å². The summed E-state index contributed by atoms with van der Waals surface area (Å²) in [6, 6.07) is 1.14. The van der Waals surface area contributed by atoms with Gasteiger partial charge in [-0.2, -0.15) is 11.3 Å². The second-order valence-corrected chi connectivity index (χ2v) is 5.89. The number of carbonyl (C=O) groups is 2. The van der Waals surface area contributed by atoms with E-state index in [9.17, 15) is 14.7 Å². The Balaban J connectivity index is 1.87. The van der Waals surface area contributed by atoms with Crippen molar-refractivity contribution in [3.8, 4) is 0 Å². The van der Waals surface area contributed by atoms with Crippen LogP contribution < -0.4 is 0 Å². The second-order valence-electron chi connectivity index (χ2n) is 5.11. The topological polar surface area (TPSA) is 57.6 Å². The molecule has 1 aromatic heterocycles. The third kappa shape index (κ3) is 1.73. The number of nitrogens with zero attached hydrogens (tertiary/aromatic N) is 1. The van der Waals surface area contributed by atoms with Crippen molar-refractivity contribution in [2.45, 2.75) is 25.3 Å². The zero-order valence-electron chi connectivity index (χ0n) is 9.91. The van der Waals surface area contributed by atoms with Gasteiger partial charge in [-0.05, 0) is 36.1 Å². The molecular weight excluding hydrogens is 250 g/mol. The van der Waals surface area contributed by atoms with Crippen LogP contribution in [-0.4, -0.2) is 34.5 Å². The van der Waals surface area contributed by atoms with Gasteiger partial charge in [0.2, 0.25) is 0 Å². The van der Waals surface area contributed by atoms with Gasteiger partial charge in [-0.15, -0.1) is 0 Å². The number of hydrogen-bond donors (Lipinski definition) is 1. The Hall–Kier alpha value is -1.36. The number of carboxylic acid groups (broad SMARTS) is 1. The zero-order valence-corrected chi connectivity index (χ0v) is 10.7. The summed E-state index contributed by atoms with van der Waals surface area (Å²) in [7, 11) is 0. The van der Waals surface area contributed by atoms with Crippen LogP contribution in [0.4, 0.5) is 0 Å². The molecule has 0 radical (unpaired) electrons. The first-order chi connectivity index (χ1) is 8.68. The summed E-state index contributed by atoms with van der Waals surface area (Å²) in [4.78, 5) is 25.3. The smallest absolute Gasteiger partial charge is 0.326 e. The van der Waals surface area contributed by atoms with Crippen molar-refractivity contribution < 1.29 is 14.7 Å². The molecule has 3 atom stereocenters. The number of carboxylic acids is 1. The van der Waals surface area contributed by atoms with Crippen LogP contribution >= 0.6 is 11.3 Å². The van der Waals surface area contributed by atoms with Crippen molar-refractivity contribution in [1.29, 1.82) is 0 Å². The molecule has 1 saturated carbocycles. The molecule has 1 amide bonds. The van der Waals surface area contributed by atoms with Gasteiger partial charge in [0, 0.05) is 11.9 Å². The normalized spacial score (nSPS) is 30.4. The average molecular weight is 265 g/mol. The van der Waals surface area contributed by atoms with Gasteiger partial charge in [0.05, 0.1) is 5.56 Å². The molecule has 96 valence electrons. The molecule has 2 heterocycles. The van der Waals surface area contributed by atoms with Gasteiger partial charge < -0.3 is 10.0 Å². The lowest BCUT2D eigenvalue weighted by Gasteiger charge is -2.24. The first-order valence-electron chi connectivity index (χ1n) is 6.24. The van der Waals surface area contributed by atoms with E-state index in [-0.39, 0.29) is 11.8 Å². The predicted molar refractivity (Wildman–Crippen MR) is 67.6 cm³/mol. The highest BCUT2D eigenvalue weighted by molar-refractivity contribution is 7.08. The molecule has 0 aromatic carbocycles. The summed E-state index contributed by atoms with van der Waals surface area (Å²) in [6.07, 6.45) is 3.09. The number of rotatable bonds is 2. The van der Waals surface area contributed by atoms with Crippen molar-refractivity contribution in [2.24, 2.45) is 11.8 Å². The van der Waals surface area contributed by atoms with Crippen molar-refractivity contribution in [1.82, 2.24) is 4.90 Å². The minimum atomic E-state index is -0.854. The number of fused-ring (bicyclic) bond motifs is 1. The molecule has 1 aliphatic carbocycles. The van der Waals surface area contributed by atoms with Crippen LogP contribution in [0.5, 0.6) is 0 Å². The molecule has 1 aliphatic heterocycles. The average Bonchev–Trinajstić information content (AvgIpc) is 3.03. The van der Waals surface area contributed by atoms with E-state index >= 15 is 0 Å². The van der Waals surface area contributed by atoms with Crippen LogP contribution in [0.15, 0.2) is 16.8 Å². The number of carbonyl (C=O) groups excluding carboxylic acids is 1. The fourth-order valence-corrected chi connectivity index (χ4v) is 4.01. The molecule has 2 fully saturated rings. The van der Waals surface area contributed by atoms with Crippen molar-refractivity contribution in [2.75, 3.05) is 6.54 Å². The Kier molecular flexibility index (Phi) is 2.86. The van der Waals surface area contributed by atoms with Crippen LogP contribution in [0.3, 0.4) is 0 Å². The van der Waals surface area contributed by atoms with Gasteiger partial charge in [-0.1, -0.05) is 6.42 Å². The lowest BCUT2D eigenvalue weighted by Crippen LogP contribution is -2.43. The number of likely N-dealkylation sites (tertiary alicyclic amines) is 1. The van der Waals surface area contributed by atoms with E-state index in [0.29, 0.717) is 18.0 Å². The number of hydrogen-bond acceptors (Lipinski definition) is 3. The Morgan fingerprint density at radius 1 is 1.39 bits per heavy atom. The highest BCUT2D eigenvalue weighted by atomic mass is 32.1. The fourth-order valence-electron chi connectivity index (χ4n) is 3.38. The molecular formula is C13H15NO3S. The van der Waals surface area contributed by atoms with E-state index in [4.69, 9.17) is 0 Å². The summed E-state index contributed by atoms with van der Waals surface area (Å²) in [5.41, 5.74) is 0.617. The minimum Gasteiger partial charge on any atom is -0.480 e. The summed E-state index contributed by atoms with van der Waals surface area (Å²) in [5.74, 6) is -0.440. The summed E-state index contributed by atoms with van der Waals surface area (Å²) < 4.78 is 0. The van der Waals surface area contributed by atoms with Crippen LogP contribution in [0.25, 0.3) is 0 Å². The quantitative estimate of drug-likeness (QED) is 0.890. The molecule has 2 aliphatic rings. The van der Waals surface area contributed by atoms with E-state index in [0.717, 1.165) is 19.3 Å². The van der Waals surface area contributed by atoms with Crippen LogP contribution in [-0.2, 0) is 4.79 Å². The lowest BCUT2D eigenvalue weighted by molar-refractivity contribution is -0.142. The van der Waals surface area contributed by atoms with E-state index in [1.165, 1.54) is 11.3 Å². The fraction of sp³-hybridized carbons (Fsp3) is 0.538. The molecule has 18 heavy (non-hydrogen) atoms. The van der Waals surface area contributed by atoms with Gasteiger partial charge in [-0.3, -0.25) is 4.79 Å². The molecule has 1 aromatic rings. The summed E-state index contributed by atoms with van der Waals surface area (Å²) in [5, 5.41) is 13.0. The molecule has 3 unspecified atom stereocenters. The highest BCUT2D eigenvalue weighted by Crippen LogP contribution is 2.42. The predicted octanol–water partition coefficient (Wildman–Crippen LogP) is 2.07. The molecule has 0 spiro atoms. The van der Waals surface area contributed by atoms with Gasteiger partial charge in [0.25, 0.3) is 5.91 Å². The molecule has 1 N–H and O–H groups in total. The third-order valence-corrected chi connectivity index (χ3v) is 4.86. The van der Waals surface area contributed by atoms with Crippen molar-refractivity contribution in [3.63, 3.8) is 0 Å². The Labute approximate surface area is 109 Å². The van der Waals surface area contributed by atoms with Crippen molar-refractivity contribution >= 4 is 23.2 Å². The number of amides is 1. The van der Waals surface area contributed by atoms with E-state index in [1.807, 2.05) is 5.38 Å². The van der Waals surface area contributed by atoms with Crippen LogP contribution in [0, 0.1) is 11.8 Å². The number of aliphatic carboxylic acids is 1. The third-order valence-electron chi connectivity index (χ3n) is 4.17. The largest absolute Gasteiger partial charge is 0.480 e. The number of thiophene rings is 1. The van der Waals surface area contributed by atoms with Crippen LogP contribution in [0.1, 0.15) is 29.6 Å². The minimum absolute atomic E-state index is 0.127. The maximum atomic E-state index is 12.3. The lowest BCUT2D eigenvalue weighted by atomic mass is 9.94. The maximum absolute atomic E-state index is 12.3. The summed E-state index contributed by atoms with van der Waals surface area (Å²) >= 11 is 1.46. The van der Waals surface area contributed by atoms with Gasteiger partial charge in [-0.25, -0.2) is 4.79 Å². The van der Waals surface area contributed by atoms with E-state index < -0.39 is 12.0 Å². The Morgan fingerprint density at radius 3 is 2.89 bits per heavy atom. The Morgan fingerprint density at radius 2 is 2.22 bits per heavy atom. The zero-order chi connectivity index (χ0) is 12.7. The molecule has 3 rings (SSSR count). The van der Waals surface area contributed by atoms with Gasteiger partial charge in [0.15, 0.2) is 0 Å². The van der Waals surface area contributed by atoms with Crippen molar-refractivity contribution in [3.05, 3.63) is 22.4 Å².